The number of rotatable bonds is 3. The molecule has 2 aliphatic rings. The molecule has 0 radical (unpaired) electrons. The van der Waals surface area contributed by atoms with Gasteiger partial charge in [-0.1, -0.05) is 54.6 Å². The van der Waals surface area contributed by atoms with Crippen molar-refractivity contribution in [1.29, 1.82) is 15.8 Å². The van der Waals surface area contributed by atoms with Crippen molar-refractivity contribution in [2.24, 2.45) is 17.1 Å². The molecule has 1 heterocycles. The van der Waals surface area contributed by atoms with E-state index in [1.807, 2.05) is 24.3 Å². The summed E-state index contributed by atoms with van der Waals surface area (Å²) in [5.74, 6) is -2.41. The van der Waals surface area contributed by atoms with Crippen molar-refractivity contribution in [2.75, 3.05) is 13.1 Å². The van der Waals surface area contributed by atoms with Gasteiger partial charge in [-0.2, -0.15) is 29.0 Å². The van der Waals surface area contributed by atoms with Crippen LogP contribution >= 0.6 is 0 Å². The largest absolute Gasteiger partial charge is 0.445 e. The molecule has 2 atom stereocenters. The van der Waals surface area contributed by atoms with Crippen LogP contribution in [0.15, 0.2) is 77.5 Å². The lowest BCUT2D eigenvalue weighted by Crippen LogP contribution is -2.49. The Bertz CT molecular complexity index is 1400. The summed E-state index contributed by atoms with van der Waals surface area (Å²) >= 11 is 0. The zero-order valence-electron chi connectivity index (χ0n) is 19.4. The summed E-state index contributed by atoms with van der Waals surface area (Å²) in [6.07, 6.45) is -3.98. The van der Waals surface area contributed by atoms with Crippen molar-refractivity contribution < 1.29 is 22.7 Å². The van der Waals surface area contributed by atoms with Gasteiger partial charge in [0.1, 0.15) is 12.7 Å². The summed E-state index contributed by atoms with van der Waals surface area (Å²) in [7, 11) is 0. The Morgan fingerprint density at radius 3 is 2.35 bits per heavy atom. The summed E-state index contributed by atoms with van der Waals surface area (Å²) < 4.78 is 47.5. The third kappa shape index (κ3) is 4.37. The van der Waals surface area contributed by atoms with E-state index in [1.54, 1.807) is 24.3 Å². The Morgan fingerprint density at radius 1 is 1.08 bits per heavy atom. The van der Waals surface area contributed by atoms with Crippen molar-refractivity contribution in [3.8, 4) is 18.2 Å². The van der Waals surface area contributed by atoms with Gasteiger partial charge in [0.25, 0.3) is 0 Å². The van der Waals surface area contributed by atoms with Gasteiger partial charge in [0.05, 0.1) is 29.0 Å². The average molecular weight is 503 g/mol. The summed E-state index contributed by atoms with van der Waals surface area (Å²) in [5, 5.41) is 30.1. The van der Waals surface area contributed by atoms with E-state index in [-0.39, 0.29) is 30.8 Å². The summed E-state index contributed by atoms with van der Waals surface area (Å²) in [4.78, 5) is 14.2. The minimum Gasteiger partial charge on any atom is -0.445 e. The van der Waals surface area contributed by atoms with Crippen LogP contribution in [0.2, 0.25) is 0 Å². The smallest absolute Gasteiger partial charge is 0.416 e. The molecule has 1 aliphatic carbocycles. The van der Waals surface area contributed by atoms with Gasteiger partial charge in [-0.3, -0.25) is 0 Å². The molecule has 1 aliphatic heterocycles. The maximum absolute atomic E-state index is 14.0. The first-order chi connectivity index (χ1) is 17.7. The molecular weight excluding hydrogens is 483 g/mol. The second kappa shape index (κ2) is 9.72. The van der Waals surface area contributed by atoms with E-state index >= 15 is 0 Å². The first-order valence-electron chi connectivity index (χ1n) is 11.2. The summed E-state index contributed by atoms with van der Waals surface area (Å²) in [6, 6.07) is 19.1. The number of allylic oxidation sites excluding steroid dienone is 2. The third-order valence-electron chi connectivity index (χ3n) is 6.73. The topological polar surface area (TPSA) is 127 Å². The maximum atomic E-state index is 14.0. The lowest BCUT2D eigenvalue weighted by Gasteiger charge is -2.45. The van der Waals surface area contributed by atoms with E-state index in [1.165, 1.54) is 29.2 Å². The molecule has 0 bridgehead atoms. The fourth-order valence-corrected chi connectivity index (χ4v) is 5.01. The number of hydrogen-bond acceptors (Lipinski definition) is 6. The lowest BCUT2D eigenvalue weighted by atomic mass is 9.57. The van der Waals surface area contributed by atoms with E-state index in [9.17, 15) is 33.8 Å². The van der Waals surface area contributed by atoms with Gasteiger partial charge in [-0.05, 0) is 22.8 Å². The molecule has 2 aromatic carbocycles. The summed E-state index contributed by atoms with van der Waals surface area (Å²) in [5.41, 5.74) is 3.08. The SMILES string of the molecule is N#CC1=C(N)C(C#N)(C#N)[C@H](c2ccccc2C(F)(F)F)[C@@H]2CN(C(=O)OCc3ccccc3)CC=C12. The minimum atomic E-state index is -4.78. The molecule has 2 N–H and O–H groups in total. The fraction of sp³-hybridized carbons (Fsp3) is 0.259. The number of nitriles is 3. The molecule has 0 saturated carbocycles. The highest BCUT2D eigenvalue weighted by Crippen LogP contribution is 2.55. The standard InChI is InChI=1S/C27H20F3N5O2/c28-27(29,30)22-9-5-4-8-19(22)23-21-13-35(25(36)37-14-17-6-2-1-3-7-17)11-10-18(21)20(12-31)24(34)26(23,15-32)16-33/h1-10,21,23H,11,13-14,34H2/t21-,23-/m1/s1. The zero-order valence-corrected chi connectivity index (χ0v) is 19.4. The Hall–Kier alpha value is -4.75. The number of ether oxygens (including phenoxy) is 1. The molecule has 37 heavy (non-hydrogen) atoms. The zero-order chi connectivity index (χ0) is 26.8. The van der Waals surface area contributed by atoms with Gasteiger partial charge >= 0.3 is 12.3 Å². The number of carbonyl (C=O) groups is 1. The van der Waals surface area contributed by atoms with Crippen molar-refractivity contribution in [2.45, 2.75) is 18.7 Å². The normalized spacial score (nSPS) is 20.5. The van der Waals surface area contributed by atoms with E-state index in [0.29, 0.717) is 5.57 Å². The minimum absolute atomic E-state index is 0.0116. The highest BCUT2D eigenvalue weighted by atomic mass is 19.4. The third-order valence-corrected chi connectivity index (χ3v) is 6.73. The number of halogens is 3. The second-order valence-electron chi connectivity index (χ2n) is 8.71. The first kappa shape index (κ1) is 25.3. The first-order valence-corrected chi connectivity index (χ1v) is 11.2. The molecule has 186 valence electrons. The van der Waals surface area contributed by atoms with Gasteiger partial charge in [-0.25, -0.2) is 4.79 Å². The van der Waals surface area contributed by atoms with Gasteiger partial charge in [0.15, 0.2) is 5.41 Å². The Kier molecular flexibility index (Phi) is 6.66. The number of carbonyl (C=O) groups excluding carboxylic acids is 1. The number of amides is 1. The van der Waals surface area contributed by atoms with Crippen LogP contribution in [-0.2, 0) is 17.5 Å². The number of fused-ring (bicyclic) bond motifs is 1. The maximum Gasteiger partial charge on any atom is 0.416 e. The van der Waals surface area contributed by atoms with Crippen LogP contribution in [0, 0.1) is 45.3 Å². The van der Waals surface area contributed by atoms with Crippen LogP contribution in [-0.4, -0.2) is 24.1 Å². The van der Waals surface area contributed by atoms with Crippen molar-refractivity contribution in [3.05, 3.63) is 94.2 Å². The molecule has 0 unspecified atom stereocenters. The molecular formula is C27H20F3N5O2. The number of benzene rings is 2. The average Bonchev–Trinajstić information content (AvgIpc) is 2.91. The van der Waals surface area contributed by atoms with Crippen molar-refractivity contribution >= 4 is 6.09 Å². The molecule has 0 spiro atoms. The van der Waals surface area contributed by atoms with E-state index in [2.05, 4.69) is 0 Å². The lowest BCUT2D eigenvalue weighted by molar-refractivity contribution is -0.138. The second-order valence-corrected chi connectivity index (χ2v) is 8.71. The quantitative estimate of drug-likeness (QED) is 0.643. The van der Waals surface area contributed by atoms with Gasteiger partial charge < -0.3 is 15.4 Å². The van der Waals surface area contributed by atoms with E-state index < -0.39 is 40.8 Å². The molecule has 10 heteroatoms. The van der Waals surface area contributed by atoms with Crippen LogP contribution in [0.4, 0.5) is 18.0 Å². The number of alkyl halides is 3. The van der Waals surface area contributed by atoms with Crippen LogP contribution in [0.3, 0.4) is 0 Å². The van der Waals surface area contributed by atoms with Gasteiger partial charge in [0, 0.05) is 24.9 Å². The molecule has 0 saturated heterocycles. The molecule has 1 amide bonds. The van der Waals surface area contributed by atoms with Crippen LogP contribution in [0.1, 0.15) is 22.6 Å². The van der Waals surface area contributed by atoms with Crippen LogP contribution in [0.5, 0.6) is 0 Å². The van der Waals surface area contributed by atoms with E-state index in [0.717, 1.165) is 11.6 Å². The fourth-order valence-electron chi connectivity index (χ4n) is 5.01. The van der Waals surface area contributed by atoms with Crippen LogP contribution in [0.25, 0.3) is 0 Å². The highest BCUT2D eigenvalue weighted by Gasteiger charge is 2.56. The van der Waals surface area contributed by atoms with Crippen molar-refractivity contribution in [1.82, 2.24) is 4.90 Å². The molecule has 0 aromatic heterocycles. The van der Waals surface area contributed by atoms with E-state index in [4.69, 9.17) is 10.5 Å². The Labute approximate surface area is 211 Å². The molecule has 7 nitrogen and oxygen atoms in total. The predicted octanol–water partition coefficient (Wildman–Crippen LogP) is 4.77. The Morgan fingerprint density at radius 2 is 1.73 bits per heavy atom. The van der Waals surface area contributed by atoms with Gasteiger partial charge in [-0.15, -0.1) is 0 Å². The predicted molar refractivity (Wildman–Crippen MR) is 124 cm³/mol. The van der Waals surface area contributed by atoms with Crippen LogP contribution < -0.4 is 5.73 Å². The Balaban J connectivity index is 1.81. The summed E-state index contributed by atoms with van der Waals surface area (Å²) in [6.45, 7) is -0.189. The highest BCUT2D eigenvalue weighted by molar-refractivity contribution is 5.69. The molecule has 2 aromatic rings. The number of nitrogens with zero attached hydrogens (tertiary/aromatic N) is 4. The molecule has 4 rings (SSSR count). The van der Waals surface area contributed by atoms with Gasteiger partial charge in [0.2, 0.25) is 0 Å². The monoisotopic (exact) mass is 503 g/mol. The molecule has 0 fully saturated rings. The van der Waals surface area contributed by atoms with Crippen molar-refractivity contribution in [3.63, 3.8) is 0 Å². The number of nitrogens with two attached hydrogens (primary N) is 1. The number of hydrogen-bond donors (Lipinski definition) is 1.